The molecule has 0 aromatic rings. The highest BCUT2D eigenvalue weighted by molar-refractivity contribution is 4.94. The lowest BCUT2D eigenvalue weighted by Crippen LogP contribution is -2.31. The van der Waals surface area contributed by atoms with Crippen LogP contribution in [-0.2, 0) is 0 Å². The van der Waals surface area contributed by atoms with Gasteiger partial charge in [-0.15, -0.1) is 6.58 Å². The molecule has 0 unspecified atom stereocenters. The summed E-state index contributed by atoms with van der Waals surface area (Å²) in [5, 5.41) is 9.58. The van der Waals surface area contributed by atoms with Crippen molar-refractivity contribution in [1.82, 2.24) is 0 Å². The van der Waals surface area contributed by atoms with E-state index in [0.29, 0.717) is 5.92 Å². The molecule has 0 bridgehead atoms. The highest BCUT2D eigenvalue weighted by Crippen LogP contribution is 2.26. The Labute approximate surface area is 63.8 Å². The first-order chi connectivity index (χ1) is 4.41. The maximum Gasteiger partial charge on any atom is 0.0648 e. The summed E-state index contributed by atoms with van der Waals surface area (Å²) < 4.78 is 0. The topological polar surface area (TPSA) is 20.2 Å². The van der Waals surface area contributed by atoms with Gasteiger partial charge in [0.2, 0.25) is 0 Å². The number of hydrogen-bond donors (Lipinski definition) is 1. The lowest BCUT2D eigenvalue weighted by molar-refractivity contribution is 0.0413. The van der Waals surface area contributed by atoms with Crippen LogP contribution < -0.4 is 0 Å². The largest absolute Gasteiger partial charge is 0.392 e. The van der Waals surface area contributed by atoms with Crippen molar-refractivity contribution < 1.29 is 5.11 Å². The van der Waals surface area contributed by atoms with Gasteiger partial charge in [-0.25, -0.2) is 0 Å². The zero-order chi connectivity index (χ0) is 8.36. The van der Waals surface area contributed by atoms with Crippen molar-refractivity contribution >= 4 is 0 Å². The minimum absolute atomic E-state index is 0.159. The third-order valence-electron chi connectivity index (χ3n) is 1.92. The molecule has 0 rings (SSSR count). The Morgan fingerprint density at radius 1 is 1.40 bits per heavy atom. The van der Waals surface area contributed by atoms with Crippen molar-refractivity contribution in [1.29, 1.82) is 0 Å². The molecule has 1 heteroatoms. The fourth-order valence-electron chi connectivity index (χ4n) is 0.980. The fourth-order valence-corrected chi connectivity index (χ4v) is 0.980. The van der Waals surface area contributed by atoms with Gasteiger partial charge < -0.3 is 5.11 Å². The van der Waals surface area contributed by atoms with Crippen molar-refractivity contribution in [3.8, 4) is 0 Å². The summed E-state index contributed by atoms with van der Waals surface area (Å²) in [5.74, 6) is 0.299. The van der Waals surface area contributed by atoms with Gasteiger partial charge in [0.15, 0.2) is 0 Å². The molecule has 0 aliphatic carbocycles. The van der Waals surface area contributed by atoms with Crippen LogP contribution in [0.15, 0.2) is 12.7 Å². The van der Waals surface area contributed by atoms with E-state index in [1.807, 2.05) is 27.7 Å². The van der Waals surface area contributed by atoms with Gasteiger partial charge >= 0.3 is 0 Å². The third-order valence-corrected chi connectivity index (χ3v) is 1.92. The summed E-state index contributed by atoms with van der Waals surface area (Å²) in [6.45, 7) is 11.7. The molecule has 0 radical (unpaired) electrons. The van der Waals surface area contributed by atoms with E-state index in [4.69, 9.17) is 0 Å². The number of aliphatic hydroxyl groups excluding tert-OH is 1. The predicted molar refractivity (Wildman–Crippen MR) is 44.8 cm³/mol. The Morgan fingerprint density at radius 2 is 1.80 bits per heavy atom. The van der Waals surface area contributed by atoms with E-state index < -0.39 is 0 Å². The summed E-state index contributed by atoms with van der Waals surface area (Å²) in [6.07, 6.45) is 1.52. The Hall–Kier alpha value is -0.300. The van der Waals surface area contributed by atoms with Crippen molar-refractivity contribution in [2.75, 3.05) is 0 Å². The molecule has 0 aliphatic heterocycles. The van der Waals surface area contributed by atoms with E-state index >= 15 is 0 Å². The molecule has 0 fully saturated rings. The Bertz CT molecular complexity index is 114. The van der Waals surface area contributed by atoms with Gasteiger partial charge in [0.1, 0.15) is 0 Å². The zero-order valence-corrected chi connectivity index (χ0v) is 7.39. The standard InChI is InChI=1S/C9H18O/c1-6-9(4,5)8(10)7(2)3/h6-8,10H,1H2,2-5H3/t8-/m1/s1. The molecule has 0 spiro atoms. The molecular formula is C9H18O. The molecule has 0 saturated carbocycles. The van der Waals surface area contributed by atoms with Gasteiger partial charge in [-0.3, -0.25) is 0 Å². The average molecular weight is 142 g/mol. The Morgan fingerprint density at radius 3 is 1.90 bits per heavy atom. The van der Waals surface area contributed by atoms with E-state index in [1.54, 1.807) is 6.08 Å². The number of aliphatic hydroxyl groups is 1. The van der Waals surface area contributed by atoms with Gasteiger partial charge in [-0.05, 0) is 5.92 Å². The van der Waals surface area contributed by atoms with E-state index in [1.165, 1.54) is 0 Å². The molecule has 0 heterocycles. The summed E-state index contributed by atoms with van der Waals surface area (Å²) in [6, 6.07) is 0. The molecule has 60 valence electrons. The number of hydrogen-bond acceptors (Lipinski definition) is 1. The molecule has 10 heavy (non-hydrogen) atoms. The Kier molecular flexibility index (Phi) is 3.10. The smallest absolute Gasteiger partial charge is 0.0648 e. The zero-order valence-electron chi connectivity index (χ0n) is 7.39. The fraction of sp³-hybridized carbons (Fsp3) is 0.778. The molecule has 1 nitrogen and oxygen atoms in total. The van der Waals surface area contributed by atoms with Gasteiger partial charge in [-0.2, -0.15) is 0 Å². The van der Waals surface area contributed by atoms with Crippen molar-refractivity contribution in [2.24, 2.45) is 11.3 Å². The molecule has 0 amide bonds. The first-order valence-corrected chi connectivity index (χ1v) is 3.73. The average Bonchev–Trinajstić information content (AvgIpc) is 1.86. The lowest BCUT2D eigenvalue weighted by atomic mass is 9.81. The van der Waals surface area contributed by atoms with Crippen molar-refractivity contribution in [3.63, 3.8) is 0 Å². The second kappa shape index (κ2) is 3.20. The van der Waals surface area contributed by atoms with Gasteiger partial charge in [0, 0.05) is 5.41 Å². The van der Waals surface area contributed by atoms with Crippen molar-refractivity contribution in [3.05, 3.63) is 12.7 Å². The van der Waals surface area contributed by atoms with Crippen LogP contribution in [0, 0.1) is 11.3 Å². The minimum atomic E-state index is -0.287. The van der Waals surface area contributed by atoms with Gasteiger partial charge in [-0.1, -0.05) is 33.8 Å². The molecule has 0 saturated heterocycles. The van der Waals surface area contributed by atoms with E-state index in [2.05, 4.69) is 6.58 Å². The van der Waals surface area contributed by atoms with Crippen LogP contribution in [0.4, 0.5) is 0 Å². The second-order valence-corrected chi connectivity index (χ2v) is 3.71. The maximum absolute atomic E-state index is 9.58. The lowest BCUT2D eigenvalue weighted by Gasteiger charge is -2.29. The SMILES string of the molecule is C=CC(C)(C)[C@H](O)C(C)C. The van der Waals surface area contributed by atoms with Crippen LogP contribution in [0.1, 0.15) is 27.7 Å². The Balaban J connectivity index is 4.17. The predicted octanol–water partition coefficient (Wildman–Crippen LogP) is 2.22. The van der Waals surface area contributed by atoms with Crippen LogP contribution in [0.5, 0.6) is 0 Å². The summed E-state index contributed by atoms with van der Waals surface area (Å²) in [4.78, 5) is 0. The molecule has 1 N–H and O–H groups in total. The summed E-state index contributed by atoms with van der Waals surface area (Å²) in [7, 11) is 0. The van der Waals surface area contributed by atoms with E-state index in [0.717, 1.165) is 0 Å². The minimum Gasteiger partial charge on any atom is -0.392 e. The third kappa shape index (κ3) is 2.14. The van der Waals surface area contributed by atoms with Crippen LogP contribution in [0.25, 0.3) is 0 Å². The van der Waals surface area contributed by atoms with Crippen LogP contribution in [-0.4, -0.2) is 11.2 Å². The van der Waals surface area contributed by atoms with Crippen LogP contribution >= 0.6 is 0 Å². The summed E-state index contributed by atoms with van der Waals surface area (Å²) >= 11 is 0. The molecule has 0 aromatic carbocycles. The van der Waals surface area contributed by atoms with Crippen LogP contribution in [0.3, 0.4) is 0 Å². The quantitative estimate of drug-likeness (QED) is 0.599. The van der Waals surface area contributed by atoms with E-state index in [-0.39, 0.29) is 11.5 Å². The highest BCUT2D eigenvalue weighted by atomic mass is 16.3. The molecule has 0 aromatic heterocycles. The van der Waals surface area contributed by atoms with Crippen LogP contribution in [0.2, 0.25) is 0 Å². The number of rotatable bonds is 3. The van der Waals surface area contributed by atoms with Gasteiger partial charge in [0.25, 0.3) is 0 Å². The molecule has 1 atom stereocenters. The van der Waals surface area contributed by atoms with Gasteiger partial charge in [0.05, 0.1) is 6.10 Å². The normalized spacial score (nSPS) is 15.4. The highest BCUT2D eigenvalue weighted by Gasteiger charge is 2.26. The first-order valence-electron chi connectivity index (χ1n) is 3.73. The van der Waals surface area contributed by atoms with E-state index in [9.17, 15) is 5.11 Å². The molecular weight excluding hydrogens is 124 g/mol. The molecule has 0 aliphatic rings. The second-order valence-electron chi connectivity index (χ2n) is 3.71. The monoisotopic (exact) mass is 142 g/mol. The van der Waals surface area contributed by atoms with Crippen molar-refractivity contribution in [2.45, 2.75) is 33.8 Å². The summed E-state index contributed by atoms with van der Waals surface area (Å²) in [5.41, 5.74) is -0.159. The first kappa shape index (κ1) is 9.70. The maximum atomic E-state index is 9.58.